The van der Waals surface area contributed by atoms with Crippen LogP contribution >= 0.6 is 47.0 Å². The number of thioether (sulfide) groups is 4. The summed E-state index contributed by atoms with van der Waals surface area (Å²) >= 11 is 7.06. The van der Waals surface area contributed by atoms with Gasteiger partial charge in [-0.05, 0) is 10.8 Å². The summed E-state index contributed by atoms with van der Waals surface area (Å²) in [5.41, 5.74) is 0. The molecule has 0 unspecified atom stereocenters. The molecular formula is C6H3LiS4. The molecule has 2 aliphatic heterocycles. The number of hydrogen-bond acceptors (Lipinski definition) is 4. The second-order valence-corrected chi connectivity index (χ2v) is 5.62. The van der Waals surface area contributed by atoms with E-state index in [0.717, 1.165) is 0 Å². The van der Waals surface area contributed by atoms with Gasteiger partial charge in [0.1, 0.15) is 0 Å². The van der Waals surface area contributed by atoms with E-state index in [1.54, 1.807) is 47.0 Å². The Balaban J connectivity index is 0.000000605. The van der Waals surface area contributed by atoms with Crippen molar-refractivity contribution in [3.63, 3.8) is 0 Å². The van der Waals surface area contributed by atoms with Gasteiger partial charge in [-0.3, -0.25) is 0 Å². The maximum atomic E-state index is 3.09. The summed E-state index contributed by atoms with van der Waals surface area (Å²) < 4.78 is 2.77. The summed E-state index contributed by atoms with van der Waals surface area (Å²) in [5, 5.41) is 9.33. The molecule has 11 heavy (non-hydrogen) atoms. The molecule has 0 aromatic heterocycles. The molecule has 0 N–H and O–H groups in total. The molecule has 0 aliphatic carbocycles. The topological polar surface area (TPSA) is 0 Å². The molecule has 0 atom stereocenters. The van der Waals surface area contributed by atoms with E-state index in [1.807, 2.05) is 5.41 Å². The number of hydrogen-bond donors (Lipinski definition) is 0. The Kier molecular flexibility index (Phi) is 4.73. The van der Waals surface area contributed by atoms with Crippen molar-refractivity contribution in [3.8, 4) is 0 Å². The van der Waals surface area contributed by atoms with E-state index in [2.05, 4.69) is 16.2 Å². The van der Waals surface area contributed by atoms with Crippen LogP contribution in [0.25, 0.3) is 0 Å². The first-order valence-electron chi connectivity index (χ1n) is 2.60. The van der Waals surface area contributed by atoms with Crippen molar-refractivity contribution >= 4 is 47.0 Å². The van der Waals surface area contributed by atoms with Crippen LogP contribution in [0.5, 0.6) is 0 Å². The van der Waals surface area contributed by atoms with E-state index >= 15 is 0 Å². The van der Waals surface area contributed by atoms with Gasteiger partial charge >= 0.3 is 18.9 Å². The Bertz CT molecular complexity index is 187. The third-order valence-corrected chi connectivity index (χ3v) is 5.55. The molecule has 0 spiro atoms. The summed E-state index contributed by atoms with van der Waals surface area (Å²) in [7, 11) is 0. The van der Waals surface area contributed by atoms with E-state index < -0.39 is 0 Å². The minimum Gasteiger partial charge on any atom is -0.420 e. The van der Waals surface area contributed by atoms with Crippen LogP contribution in [-0.4, -0.2) is 0 Å². The van der Waals surface area contributed by atoms with Gasteiger partial charge in [-0.15, -0.1) is 11.8 Å². The van der Waals surface area contributed by atoms with Crippen LogP contribution in [0.15, 0.2) is 24.7 Å². The summed E-state index contributed by atoms with van der Waals surface area (Å²) in [6, 6.07) is 0. The second-order valence-electron chi connectivity index (χ2n) is 1.54. The van der Waals surface area contributed by atoms with Crippen molar-refractivity contribution in [2.45, 2.75) is 0 Å². The first-order chi connectivity index (χ1) is 4.97. The van der Waals surface area contributed by atoms with Crippen LogP contribution in [0.3, 0.4) is 0 Å². The van der Waals surface area contributed by atoms with Gasteiger partial charge in [-0.2, -0.15) is 5.41 Å². The van der Waals surface area contributed by atoms with Crippen molar-refractivity contribution in [3.05, 3.63) is 30.1 Å². The molecule has 0 bridgehead atoms. The van der Waals surface area contributed by atoms with Gasteiger partial charge in [-0.25, -0.2) is 0 Å². The maximum Gasteiger partial charge on any atom is 1.00 e. The van der Waals surface area contributed by atoms with Gasteiger partial charge in [0.05, 0.1) is 4.24 Å². The summed E-state index contributed by atoms with van der Waals surface area (Å²) in [6.45, 7) is 0. The fourth-order valence-corrected chi connectivity index (χ4v) is 4.39. The summed E-state index contributed by atoms with van der Waals surface area (Å²) in [5.74, 6) is 0. The number of rotatable bonds is 0. The smallest absolute Gasteiger partial charge is 0.420 e. The van der Waals surface area contributed by atoms with Crippen LogP contribution in [0.1, 0.15) is 0 Å². The van der Waals surface area contributed by atoms with Gasteiger partial charge in [0.2, 0.25) is 0 Å². The van der Waals surface area contributed by atoms with Gasteiger partial charge in [0, 0.05) is 4.24 Å². The Labute approximate surface area is 95.3 Å². The summed E-state index contributed by atoms with van der Waals surface area (Å²) in [6.07, 6.45) is 0. The second kappa shape index (κ2) is 5.06. The van der Waals surface area contributed by atoms with Crippen LogP contribution in [-0.2, 0) is 0 Å². The molecule has 0 aromatic carbocycles. The van der Waals surface area contributed by atoms with Crippen molar-refractivity contribution in [1.82, 2.24) is 0 Å². The molecule has 0 amide bonds. The zero-order chi connectivity index (χ0) is 6.81. The predicted molar refractivity (Wildman–Crippen MR) is 54.3 cm³/mol. The SMILES string of the molecule is [C-]1=CSC(=C2SC=CS2)S1.[Li+]. The monoisotopic (exact) mass is 210 g/mol. The molecule has 2 rings (SSSR count). The molecule has 2 heterocycles. The van der Waals surface area contributed by atoms with E-state index in [0.29, 0.717) is 0 Å². The van der Waals surface area contributed by atoms with Gasteiger partial charge in [-0.1, -0.05) is 23.5 Å². The summed E-state index contributed by atoms with van der Waals surface area (Å²) in [4.78, 5) is 0. The maximum absolute atomic E-state index is 3.09. The van der Waals surface area contributed by atoms with Crippen molar-refractivity contribution in [1.29, 1.82) is 0 Å². The first-order valence-corrected chi connectivity index (χ1v) is 6.06. The molecule has 0 aromatic rings. The molecule has 5 heteroatoms. The molecule has 0 nitrogen and oxygen atoms in total. The Morgan fingerprint density at radius 1 is 1.00 bits per heavy atom. The molecule has 2 aliphatic rings. The molecule has 0 radical (unpaired) electrons. The van der Waals surface area contributed by atoms with E-state index in [1.165, 1.54) is 8.47 Å². The Hall–Kier alpha value is 1.22. The molecule has 52 valence electrons. The average molecular weight is 210 g/mol. The largest absolute Gasteiger partial charge is 1.00 e. The van der Waals surface area contributed by atoms with Gasteiger partial charge in [0.25, 0.3) is 0 Å². The Morgan fingerprint density at radius 3 is 2.27 bits per heavy atom. The quantitative estimate of drug-likeness (QED) is 0.429. The zero-order valence-electron chi connectivity index (χ0n) is 5.87. The fraction of sp³-hybridized carbons (Fsp3) is 0. The minimum atomic E-state index is 0. The molecular weight excluding hydrogens is 207 g/mol. The van der Waals surface area contributed by atoms with Crippen LogP contribution < -0.4 is 18.9 Å². The van der Waals surface area contributed by atoms with Crippen molar-refractivity contribution in [2.75, 3.05) is 0 Å². The Morgan fingerprint density at radius 2 is 1.73 bits per heavy atom. The predicted octanol–water partition coefficient (Wildman–Crippen LogP) is 0.823. The minimum absolute atomic E-state index is 0. The van der Waals surface area contributed by atoms with Crippen LogP contribution in [0, 0.1) is 5.41 Å². The standard InChI is InChI=1S/C6H3S4.Li/c1-2-8-5(7-1)6-9-3-4-10-6;/h1-3H;/q-1;+1. The van der Waals surface area contributed by atoms with Crippen LogP contribution in [0.4, 0.5) is 0 Å². The van der Waals surface area contributed by atoms with Crippen molar-refractivity contribution < 1.29 is 18.9 Å². The normalized spacial score (nSPS) is 21.1. The first kappa shape index (κ1) is 10.3. The molecule has 0 saturated carbocycles. The average Bonchev–Trinajstić information content (AvgIpc) is 2.59. The van der Waals surface area contributed by atoms with Gasteiger partial charge in [0.15, 0.2) is 0 Å². The van der Waals surface area contributed by atoms with E-state index in [9.17, 15) is 0 Å². The fourth-order valence-electron chi connectivity index (χ4n) is 0.572. The van der Waals surface area contributed by atoms with Crippen LogP contribution in [0.2, 0.25) is 0 Å². The molecule has 0 saturated heterocycles. The van der Waals surface area contributed by atoms with Gasteiger partial charge < -0.3 is 17.2 Å². The molecule has 0 fully saturated rings. The zero-order valence-corrected chi connectivity index (χ0v) is 9.13. The van der Waals surface area contributed by atoms with Crippen molar-refractivity contribution in [2.24, 2.45) is 0 Å². The third-order valence-electron chi connectivity index (χ3n) is 0.938. The van der Waals surface area contributed by atoms with E-state index in [-0.39, 0.29) is 18.9 Å². The van der Waals surface area contributed by atoms with E-state index in [4.69, 9.17) is 0 Å². The third kappa shape index (κ3) is 2.58.